The van der Waals surface area contributed by atoms with E-state index in [0.29, 0.717) is 5.75 Å². The zero-order valence-electron chi connectivity index (χ0n) is 12.3. The molecule has 1 atom stereocenters. The lowest BCUT2D eigenvalue weighted by Crippen LogP contribution is -2.33. The summed E-state index contributed by atoms with van der Waals surface area (Å²) in [5.41, 5.74) is 0.255. The summed E-state index contributed by atoms with van der Waals surface area (Å²) in [6.07, 6.45) is 0.779. The molecular formula is C16H19NO3S. The molecule has 2 rings (SSSR count). The number of nitrogens with one attached hydrogen (secondary N) is 1. The Balaban J connectivity index is 2.00. The molecule has 0 aliphatic rings. The molecule has 2 aromatic rings. The number of carbonyl (C=O) groups is 1. The van der Waals surface area contributed by atoms with Crippen molar-refractivity contribution in [3.63, 3.8) is 0 Å². The van der Waals surface area contributed by atoms with Gasteiger partial charge in [-0.25, -0.2) is 0 Å². The maximum atomic E-state index is 12.2. The fourth-order valence-corrected chi connectivity index (χ4v) is 3.10. The second kappa shape index (κ2) is 6.63. The van der Waals surface area contributed by atoms with Crippen LogP contribution in [0.3, 0.4) is 0 Å². The Morgan fingerprint density at radius 2 is 2.14 bits per heavy atom. The molecule has 0 saturated heterocycles. The summed E-state index contributed by atoms with van der Waals surface area (Å²) in [4.78, 5) is 14.7. The minimum absolute atomic E-state index is 0.00273. The van der Waals surface area contributed by atoms with E-state index in [1.165, 1.54) is 22.9 Å². The van der Waals surface area contributed by atoms with Crippen LogP contribution in [-0.2, 0) is 6.42 Å². The number of ether oxygens (including phenoxy) is 1. The Morgan fingerprint density at radius 3 is 2.71 bits per heavy atom. The molecule has 0 aliphatic carbocycles. The van der Waals surface area contributed by atoms with Gasteiger partial charge >= 0.3 is 0 Å². The number of hydrogen-bond donors (Lipinski definition) is 2. The van der Waals surface area contributed by atoms with E-state index >= 15 is 0 Å². The van der Waals surface area contributed by atoms with Gasteiger partial charge in [-0.3, -0.25) is 4.79 Å². The number of phenols is 1. The fourth-order valence-electron chi connectivity index (χ4n) is 2.08. The topological polar surface area (TPSA) is 58.6 Å². The molecule has 0 fully saturated rings. The van der Waals surface area contributed by atoms with Crippen LogP contribution in [0.2, 0.25) is 0 Å². The number of aryl methyl sites for hydroxylation is 1. The summed E-state index contributed by atoms with van der Waals surface area (Å²) in [6.45, 7) is 4.01. The first kappa shape index (κ1) is 15.4. The maximum absolute atomic E-state index is 12.2. The van der Waals surface area contributed by atoms with Crippen molar-refractivity contribution in [1.29, 1.82) is 0 Å². The highest BCUT2D eigenvalue weighted by Gasteiger charge is 2.15. The first-order valence-corrected chi connectivity index (χ1v) is 7.54. The summed E-state index contributed by atoms with van der Waals surface area (Å²) in [7, 11) is 1.51. The van der Waals surface area contributed by atoms with Gasteiger partial charge in [0.2, 0.25) is 0 Å². The molecule has 0 bridgehead atoms. The predicted octanol–water partition coefficient (Wildman–Crippen LogP) is 3.13. The van der Waals surface area contributed by atoms with E-state index < -0.39 is 0 Å². The summed E-state index contributed by atoms with van der Waals surface area (Å²) in [5, 5.41) is 12.8. The first-order chi connectivity index (χ1) is 9.99. The first-order valence-electron chi connectivity index (χ1n) is 6.72. The number of hydrogen-bond acceptors (Lipinski definition) is 4. The SMILES string of the molecule is COc1ccc(C(=O)NC(C)Cc2ccc(C)s2)c(O)c1. The van der Waals surface area contributed by atoms with Gasteiger partial charge in [-0.15, -0.1) is 11.3 Å². The molecule has 0 aliphatic heterocycles. The molecule has 21 heavy (non-hydrogen) atoms. The van der Waals surface area contributed by atoms with Crippen LogP contribution >= 0.6 is 11.3 Å². The summed E-state index contributed by atoms with van der Waals surface area (Å²) >= 11 is 1.73. The Labute approximate surface area is 128 Å². The number of methoxy groups -OCH3 is 1. The van der Waals surface area contributed by atoms with Crippen LogP contribution in [0.1, 0.15) is 27.0 Å². The van der Waals surface area contributed by atoms with Crippen LogP contribution in [-0.4, -0.2) is 24.2 Å². The van der Waals surface area contributed by atoms with Crippen LogP contribution in [0, 0.1) is 6.92 Å². The minimum atomic E-state index is -0.282. The van der Waals surface area contributed by atoms with Crippen molar-refractivity contribution < 1.29 is 14.6 Å². The summed E-state index contributed by atoms with van der Waals surface area (Å²) in [5.74, 6) is 0.160. The second-order valence-corrected chi connectivity index (χ2v) is 6.35. The molecule has 0 radical (unpaired) electrons. The molecule has 2 N–H and O–H groups in total. The number of benzene rings is 1. The Bertz CT molecular complexity index is 636. The van der Waals surface area contributed by atoms with Crippen LogP contribution < -0.4 is 10.1 Å². The van der Waals surface area contributed by atoms with E-state index in [1.807, 2.05) is 6.92 Å². The number of amides is 1. The number of carbonyl (C=O) groups excluding carboxylic acids is 1. The average molecular weight is 305 g/mol. The minimum Gasteiger partial charge on any atom is -0.507 e. The van der Waals surface area contributed by atoms with Crippen molar-refractivity contribution >= 4 is 17.2 Å². The van der Waals surface area contributed by atoms with Gasteiger partial charge in [0.25, 0.3) is 5.91 Å². The monoisotopic (exact) mass is 305 g/mol. The van der Waals surface area contributed by atoms with E-state index in [0.717, 1.165) is 6.42 Å². The van der Waals surface area contributed by atoms with Crippen LogP contribution in [0.5, 0.6) is 11.5 Å². The highest BCUT2D eigenvalue weighted by molar-refractivity contribution is 7.11. The lowest BCUT2D eigenvalue weighted by atomic mass is 10.1. The third kappa shape index (κ3) is 3.98. The fraction of sp³-hybridized carbons (Fsp3) is 0.312. The van der Waals surface area contributed by atoms with Gasteiger partial charge < -0.3 is 15.2 Å². The maximum Gasteiger partial charge on any atom is 0.255 e. The third-order valence-corrected chi connectivity index (χ3v) is 4.15. The third-order valence-electron chi connectivity index (χ3n) is 3.13. The molecule has 1 aromatic carbocycles. The van der Waals surface area contributed by atoms with Crippen molar-refractivity contribution in [2.24, 2.45) is 0 Å². The molecule has 1 aromatic heterocycles. The van der Waals surface area contributed by atoms with Gasteiger partial charge in [0, 0.05) is 28.3 Å². The number of phenolic OH excluding ortho intramolecular Hbond substituents is 1. The van der Waals surface area contributed by atoms with Gasteiger partial charge in [-0.05, 0) is 38.1 Å². The van der Waals surface area contributed by atoms with E-state index in [1.54, 1.807) is 23.5 Å². The normalized spacial score (nSPS) is 12.0. The van der Waals surface area contributed by atoms with Crippen molar-refractivity contribution in [2.75, 3.05) is 7.11 Å². The van der Waals surface area contributed by atoms with Crippen LogP contribution in [0.15, 0.2) is 30.3 Å². The zero-order chi connectivity index (χ0) is 15.4. The molecule has 1 unspecified atom stereocenters. The quantitative estimate of drug-likeness (QED) is 0.892. The van der Waals surface area contributed by atoms with E-state index in [9.17, 15) is 9.90 Å². The van der Waals surface area contributed by atoms with Gasteiger partial charge in [0.1, 0.15) is 11.5 Å². The largest absolute Gasteiger partial charge is 0.507 e. The molecule has 5 heteroatoms. The van der Waals surface area contributed by atoms with Crippen molar-refractivity contribution in [2.45, 2.75) is 26.3 Å². The second-order valence-electron chi connectivity index (χ2n) is 4.97. The summed E-state index contributed by atoms with van der Waals surface area (Å²) < 4.78 is 5.00. The smallest absolute Gasteiger partial charge is 0.255 e. The predicted molar refractivity (Wildman–Crippen MR) is 84.3 cm³/mol. The molecule has 0 spiro atoms. The van der Waals surface area contributed by atoms with Crippen LogP contribution in [0.25, 0.3) is 0 Å². The lowest BCUT2D eigenvalue weighted by Gasteiger charge is -2.14. The van der Waals surface area contributed by atoms with Gasteiger partial charge in [0.15, 0.2) is 0 Å². The average Bonchev–Trinajstić information content (AvgIpc) is 2.83. The van der Waals surface area contributed by atoms with Crippen LogP contribution in [0.4, 0.5) is 0 Å². The van der Waals surface area contributed by atoms with Crippen molar-refractivity contribution in [3.8, 4) is 11.5 Å². The molecule has 112 valence electrons. The number of thiophene rings is 1. The van der Waals surface area contributed by atoms with E-state index in [4.69, 9.17) is 4.74 Å². The Morgan fingerprint density at radius 1 is 1.38 bits per heavy atom. The lowest BCUT2D eigenvalue weighted by molar-refractivity contribution is 0.0937. The molecule has 4 nitrogen and oxygen atoms in total. The molecular weight excluding hydrogens is 286 g/mol. The van der Waals surface area contributed by atoms with E-state index in [2.05, 4.69) is 24.4 Å². The molecule has 0 saturated carbocycles. The summed E-state index contributed by atoms with van der Waals surface area (Å²) in [6, 6.07) is 8.80. The van der Waals surface area contributed by atoms with Gasteiger partial charge in [-0.2, -0.15) is 0 Å². The van der Waals surface area contributed by atoms with Gasteiger partial charge in [0.05, 0.1) is 12.7 Å². The van der Waals surface area contributed by atoms with E-state index in [-0.39, 0.29) is 23.3 Å². The Kier molecular flexibility index (Phi) is 4.85. The van der Waals surface area contributed by atoms with Gasteiger partial charge in [-0.1, -0.05) is 0 Å². The number of rotatable bonds is 5. The highest BCUT2D eigenvalue weighted by atomic mass is 32.1. The standard InChI is InChI=1S/C16H19NO3S/c1-10(8-13-6-4-11(2)21-13)17-16(19)14-7-5-12(20-3)9-15(14)18/h4-7,9-10,18H,8H2,1-3H3,(H,17,19). The zero-order valence-corrected chi connectivity index (χ0v) is 13.2. The van der Waals surface area contributed by atoms with Crippen molar-refractivity contribution in [3.05, 3.63) is 45.6 Å². The number of aromatic hydroxyl groups is 1. The molecule has 1 heterocycles. The molecule has 1 amide bonds. The van der Waals surface area contributed by atoms with Crippen molar-refractivity contribution in [1.82, 2.24) is 5.32 Å². The highest BCUT2D eigenvalue weighted by Crippen LogP contribution is 2.23. The Hall–Kier alpha value is -2.01.